The van der Waals surface area contributed by atoms with Crippen molar-refractivity contribution in [1.82, 2.24) is 20.2 Å². The number of hydrogen-bond donors (Lipinski definition) is 0. The van der Waals surface area contributed by atoms with E-state index in [0.717, 1.165) is 21.1 Å². The van der Waals surface area contributed by atoms with Gasteiger partial charge in [0.2, 0.25) is 5.16 Å². The van der Waals surface area contributed by atoms with E-state index in [4.69, 9.17) is 0 Å². The highest BCUT2D eigenvalue weighted by Gasteiger charge is 2.07. The van der Waals surface area contributed by atoms with Gasteiger partial charge in [0.25, 0.3) is 0 Å². The van der Waals surface area contributed by atoms with Crippen LogP contribution in [-0.2, 0) is 0 Å². The number of aromatic nitrogens is 4. The van der Waals surface area contributed by atoms with Gasteiger partial charge in [0.15, 0.2) is 0 Å². The third-order valence-corrected chi connectivity index (χ3v) is 3.29. The molecule has 0 saturated carbocycles. The van der Waals surface area contributed by atoms with E-state index in [-0.39, 0.29) is 0 Å². The lowest BCUT2D eigenvalue weighted by Gasteiger charge is -2.02. The Morgan fingerprint density at radius 3 is 2.81 bits per heavy atom. The van der Waals surface area contributed by atoms with E-state index < -0.39 is 0 Å². The molecule has 0 aliphatic rings. The van der Waals surface area contributed by atoms with Gasteiger partial charge in [0, 0.05) is 10.2 Å². The van der Waals surface area contributed by atoms with Crippen molar-refractivity contribution >= 4 is 27.7 Å². The molecule has 0 radical (unpaired) electrons. The maximum Gasteiger partial charge on any atom is 0.214 e. The third-order valence-electron chi connectivity index (χ3n) is 1.84. The molecule has 0 fully saturated rings. The first-order valence-corrected chi connectivity index (χ1v) is 6.37. The van der Waals surface area contributed by atoms with Crippen LogP contribution in [0.5, 0.6) is 0 Å². The normalized spacial score (nSPS) is 10.3. The summed E-state index contributed by atoms with van der Waals surface area (Å²) < 4.78 is 2.74. The van der Waals surface area contributed by atoms with E-state index in [2.05, 4.69) is 38.0 Å². The van der Waals surface area contributed by atoms with Gasteiger partial charge in [0.1, 0.15) is 0 Å². The lowest BCUT2D eigenvalue weighted by Crippen LogP contribution is -1.98. The van der Waals surface area contributed by atoms with Crippen molar-refractivity contribution in [2.45, 2.75) is 5.16 Å². The number of rotatable bonds is 4. The Morgan fingerprint density at radius 2 is 2.12 bits per heavy atom. The number of thioether (sulfide) groups is 1. The molecule has 2 aromatic rings. The topological polar surface area (TPSA) is 43.6 Å². The van der Waals surface area contributed by atoms with Crippen molar-refractivity contribution in [1.29, 1.82) is 0 Å². The number of benzene rings is 1. The van der Waals surface area contributed by atoms with Gasteiger partial charge in [-0.05, 0) is 34.7 Å². The molecule has 0 N–H and O–H groups in total. The summed E-state index contributed by atoms with van der Waals surface area (Å²) in [7, 11) is 0. The molecule has 1 aromatic heterocycles. The molecular formula is C10H9BrN4S. The van der Waals surface area contributed by atoms with Crippen molar-refractivity contribution in [3.8, 4) is 5.69 Å². The fraction of sp³-hybridized carbons (Fsp3) is 0.100. The highest BCUT2D eigenvalue weighted by molar-refractivity contribution is 9.10. The molecular weight excluding hydrogens is 288 g/mol. The molecule has 1 heterocycles. The fourth-order valence-electron chi connectivity index (χ4n) is 1.15. The zero-order valence-corrected chi connectivity index (χ0v) is 10.8. The van der Waals surface area contributed by atoms with Crippen LogP contribution >= 0.6 is 27.7 Å². The van der Waals surface area contributed by atoms with Gasteiger partial charge < -0.3 is 0 Å². The Morgan fingerprint density at radius 1 is 1.38 bits per heavy atom. The molecule has 0 bridgehead atoms. The van der Waals surface area contributed by atoms with E-state index in [1.807, 2.05) is 30.3 Å². The molecule has 6 heteroatoms. The Bertz CT molecular complexity index is 480. The summed E-state index contributed by atoms with van der Waals surface area (Å²) in [5.74, 6) is 0.789. The van der Waals surface area contributed by atoms with Gasteiger partial charge in [-0.1, -0.05) is 33.8 Å². The molecule has 16 heavy (non-hydrogen) atoms. The monoisotopic (exact) mass is 296 g/mol. The maximum atomic E-state index is 3.96. The summed E-state index contributed by atoms with van der Waals surface area (Å²) in [5, 5.41) is 12.3. The molecule has 0 saturated heterocycles. The molecule has 0 amide bonds. The van der Waals surface area contributed by atoms with Crippen LogP contribution in [-0.4, -0.2) is 26.0 Å². The fourth-order valence-corrected chi connectivity index (χ4v) is 2.04. The second-order valence-corrected chi connectivity index (χ2v) is 4.85. The van der Waals surface area contributed by atoms with Crippen molar-refractivity contribution in [3.05, 3.63) is 41.4 Å². The average Bonchev–Trinajstić information content (AvgIpc) is 2.75. The molecule has 0 spiro atoms. The number of nitrogens with zero attached hydrogens (tertiary/aromatic N) is 4. The van der Waals surface area contributed by atoms with E-state index in [0.29, 0.717) is 0 Å². The minimum Gasteiger partial charge on any atom is -0.188 e. The minimum absolute atomic E-state index is 0.766. The van der Waals surface area contributed by atoms with Gasteiger partial charge >= 0.3 is 0 Å². The number of halogens is 1. The summed E-state index contributed by atoms with van der Waals surface area (Å²) in [6, 6.07) is 7.83. The van der Waals surface area contributed by atoms with Gasteiger partial charge in [-0.3, -0.25) is 0 Å². The first kappa shape index (κ1) is 11.3. The number of hydrogen-bond acceptors (Lipinski definition) is 4. The maximum absolute atomic E-state index is 3.96. The highest BCUT2D eigenvalue weighted by atomic mass is 79.9. The van der Waals surface area contributed by atoms with Gasteiger partial charge in [-0.2, -0.15) is 4.68 Å². The molecule has 0 atom stereocenters. The second-order valence-electron chi connectivity index (χ2n) is 2.95. The van der Waals surface area contributed by atoms with Gasteiger partial charge in [-0.15, -0.1) is 11.7 Å². The minimum atomic E-state index is 0.766. The standard InChI is InChI=1S/C10H9BrN4S/c1-2-7-16-10-12-13-14-15(10)9-5-3-8(11)4-6-9/h2-6H,1,7H2. The Hall–Kier alpha value is -1.14. The second kappa shape index (κ2) is 5.27. The average molecular weight is 297 g/mol. The van der Waals surface area contributed by atoms with E-state index >= 15 is 0 Å². The van der Waals surface area contributed by atoms with E-state index in [1.54, 1.807) is 16.4 Å². The summed E-state index contributed by atoms with van der Waals surface area (Å²) in [6.07, 6.45) is 1.82. The van der Waals surface area contributed by atoms with Crippen LogP contribution in [0.15, 0.2) is 46.5 Å². The lowest BCUT2D eigenvalue weighted by atomic mass is 10.3. The predicted molar refractivity (Wildman–Crippen MR) is 67.8 cm³/mol. The van der Waals surface area contributed by atoms with Crippen LogP contribution in [0.4, 0.5) is 0 Å². The Labute approximate surface area is 106 Å². The smallest absolute Gasteiger partial charge is 0.188 e. The molecule has 82 valence electrons. The zero-order chi connectivity index (χ0) is 11.4. The highest BCUT2D eigenvalue weighted by Crippen LogP contribution is 2.19. The first-order valence-electron chi connectivity index (χ1n) is 4.59. The molecule has 1 aromatic carbocycles. The quantitative estimate of drug-likeness (QED) is 0.643. The molecule has 2 rings (SSSR count). The summed E-state index contributed by atoms with van der Waals surface area (Å²) in [4.78, 5) is 0. The van der Waals surface area contributed by atoms with Crippen LogP contribution in [0.2, 0.25) is 0 Å². The van der Waals surface area contributed by atoms with Crippen LogP contribution in [0, 0.1) is 0 Å². The Kier molecular flexibility index (Phi) is 3.74. The van der Waals surface area contributed by atoms with Crippen LogP contribution in [0.3, 0.4) is 0 Å². The summed E-state index contributed by atoms with van der Waals surface area (Å²) >= 11 is 4.94. The third kappa shape index (κ3) is 2.51. The largest absolute Gasteiger partial charge is 0.214 e. The van der Waals surface area contributed by atoms with Crippen LogP contribution in [0.25, 0.3) is 5.69 Å². The molecule has 0 unspecified atom stereocenters. The predicted octanol–water partition coefficient (Wildman–Crippen LogP) is 2.70. The molecule has 0 aliphatic carbocycles. The first-order chi connectivity index (χ1) is 7.81. The van der Waals surface area contributed by atoms with Crippen LogP contribution < -0.4 is 0 Å². The molecule has 4 nitrogen and oxygen atoms in total. The van der Waals surface area contributed by atoms with Crippen LogP contribution in [0.1, 0.15) is 0 Å². The van der Waals surface area contributed by atoms with E-state index in [1.165, 1.54) is 0 Å². The SMILES string of the molecule is C=CCSc1nnnn1-c1ccc(Br)cc1. The van der Waals surface area contributed by atoms with E-state index in [9.17, 15) is 0 Å². The Balaban J connectivity index is 2.29. The molecule has 0 aliphatic heterocycles. The van der Waals surface area contributed by atoms with Crippen molar-refractivity contribution < 1.29 is 0 Å². The van der Waals surface area contributed by atoms with Gasteiger partial charge in [0.05, 0.1) is 5.69 Å². The lowest BCUT2D eigenvalue weighted by molar-refractivity contribution is 0.756. The van der Waals surface area contributed by atoms with Crippen molar-refractivity contribution in [2.75, 3.05) is 5.75 Å². The van der Waals surface area contributed by atoms with Gasteiger partial charge in [-0.25, -0.2) is 0 Å². The summed E-state index contributed by atoms with van der Waals surface area (Å²) in [5.41, 5.74) is 0.944. The summed E-state index contributed by atoms with van der Waals surface area (Å²) in [6.45, 7) is 3.67. The van der Waals surface area contributed by atoms with Crippen molar-refractivity contribution in [3.63, 3.8) is 0 Å². The number of tetrazole rings is 1. The zero-order valence-electron chi connectivity index (χ0n) is 8.38. The van der Waals surface area contributed by atoms with Crippen molar-refractivity contribution in [2.24, 2.45) is 0 Å².